The molecule has 0 fully saturated rings. The van der Waals surface area contributed by atoms with E-state index >= 15 is 0 Å². The van der Waals surface area contributed by atoms with Crippen molar-refractivity contribution in [3.8, 4) is 0 Å². The Morgan fingerprint density at radius 1 is 1.56 bits per heavy atom. The zero-order chi connectivity index (χ0) is 12.3. The molecule has 88 valence electrons. The van der Waals surface area contributed by atoms with Crippen molar-refractivity contribution in [3.63, 3.8) is 0 Å². The van der Waals surface area contributed by atoms with Crippen molar-refractivity contribution in [1.82, 2.24) is 10.3 Å². The molecule has 4 N–H and O–H groups in total. The summed E-state index contributed by atoms with van der Waals surface area (Å²) in [6.45, 7) is 5.67. The van der Waals surface area contributed by atoms with Gasteiger partial charge in [-0.15, -0.1) is 0 Å². The standard InChI is InChI=1S/C11H17N3O2/c1-7-4-9(15)8(5-13-7)10(16)14-6-11(2,3)12/h4-5H,6,12H2,1-3H3,(H,13,15)(H,14,16). The smallest absolute Gasteiger partial charge is 0.256 e. The molecule has 0 aliphatic rings. The van der Waals surface area contributed by atoms with Crippen LogP contribution in [0.3, 0.4) is 0 Å². The lowest BCUT2D eigenvalue weighted by Crippen LogP contribution is -2.45. The van der Waals surface area contributed by atoms with Crippen molar-refractivity contribution in [2.45, 2.75) is 26.3 Å². The molecule has 0 aliphatic heterocycles. The molecule has 0 radical (unpaired) electrons. The van der Waals surface area contributed by atoms with Crippen LogP contribution in [0.15, 0.2) is 17.1 Å². The maximum atomic E-state index is 11.6. The molecule has 0 aliphatic carbocycles. The molecule has 0 aromatic carbocycles. The highest BCUT2D eigenvalue weighted by Gasteiger charge is 2.15. The van der Waals surface area contributed by atoms with Gasteiger partial charge in [0.15, 0.2) is 5.43 Å². The van der Waals surface area contributed by atoms with Gasteiger partial charge >= 0.3 is 0 Å². The van der Waals surface area contributed by atoms with E-state index < -0.39 is 11.4 Å². The molecule has 0 atom stereocenters. The van der Waals surface area contributed by atoms with Crippen LogP contribution in [0.5, 0.6) is 0 Å². The van der Waals surface area contributed by atoms with Crippen LogP contribution in [0.25, 0.3) is 0 Å². The van der Waals surface area contributed by atoms with Gasteiger partial charge in [-0.3, -0.25) is 9.59 Å². The maximum Gasteiger partial charge on any atom is 0.256 e. The second-order valence-corrected chi connectivity index (χ2v) is 4.57. The first-order chi connectivity index (χ1) is 7.29. The van der Waals surface area contributed by atoms with Crippen molar-refractivity contribution < 1.29 is 4.79 Å². The number of nitrogens with one attached hydrogen (secondary N) is 2. The fourth-order valence-electron chi connectivity index (χ4n) is 1.15. The third-order valence-electron chi connectivity index (χ3n) is 2.01. The number of amides is 1. The van der Waals surface area contributed by atoms with E-state index in [1.54, 1.807) is 20.8 Å². The molecule has 16 heavy (non-hydrogen) atoms. The van der Waals surface area contributed by atoms with E-state index in [9.17, 15) is 9.59 Å². The fourth-order valence-corrected chi connectivity index (χ4v) is 1.15. The largest absolute Gasteiger partial charge is 0.364 e. The van der Waals surface area contributed by atoms with Crippen molar-refractivity contribution in [1.29, 1.82) is 0 Å². The van der Waals surface area contributed by atoms with E-state index in [4.69, 9.17) is 5.73 Å². The predicted octanol–water partition coefficient (Wildman–Crippen LogP) is 0.150. The summed E-state index contributed by atoms with van der Waals surface area (Å²) in [6, 6.07) is 1.39. The van der Waals surface area contributed by atoms with Gasteiger partial charge in [0.25, 0.3) is 5.91 Å². The van der Waals surface area contributed by atoms with Gasteiger partial charge in [-0.1, -0.05) is 0 Å². The molecule has 0 bridgehead atoms. The highest BCUT2D eigenvalue weighted by molar-refractivity contribution is 5.93. The molecule has 0 saturated carbocycles. The van der Waals surface area contributed by atoms with Crippen LogP contribution in [0, 0.1) is 6.92 Å². The first kappa shape index (κ1) is 12.4. The Labute approximate surface area is 94.1 Å². The monoisotopic (exact) mass is 223 g/mol. The van der Waals surface area contributed by atoms with E-state index in [1.807, 2.05) is 0 Å². The number of hydrogen-bond acceptors (Lipinski definition) is 3. The van der Waals surface area contributed by atoms with E-state index in [2.05, 4.69) is 10.3 Å². The van der Waals surface area contributed by atoms with E-state index in [0.29, 0.717) is 6.54 Å². The average molecular weight is 223 g/mol. The Balaban J connectivity index is 2.78. The van der Waals surface area contributed by atoms with Gasteiger partial charge in [0, 0.05) is 30.0 Å². The third-order valence-corrected chi connectivity index (χ3v) is 2.01. The Morgan fingerprint density at radius 2 is 2.19 bits per heavy atom. The lowest BCUT2D eigenvalue weighted by Gasteiger charge is -2.18. The van der Waals surface area contributed by atoms with Crippen LogP contribution in [0.4, 0.5) is 0 Å². The minimum atomic E-state index is -0.493. The Kier molecular flexibility index (Phi) is 3.49. The third kappa shape index (κ3) is 3.51. The summed E-state index contributed by atoms with van der Waals surface area (Å²) in [5, 5.41) is 2.62. The zero-order valence-electron chi connectivity index (χ0n) is 9.76. The van der Waals surface area contributed by atoms with Crippen molar-refractivity contribution in [2.24, 2.45) is 5.73 Å². The predicted molar refractivity (Wildman–Crippen MR) is 62.4 cm³/mol. The van der Waals surface area contributed by atoms with Gasteiger partial charge in [0.2, 0.25) is 0 Å². The normalized spacial score (nSPS) is 11.2. The number of nitrogens with two attached hydrogens (primary N) is 1. The first-order valence-corrected chi connectivity index (χ1v) is 5.06. The Bertz CT molecular complexity index is 443. The minimum Gasteiger partial charge on any atom is -0.364 e. The Morgan fingerprint density at radius 3 is 2.69 bits per heavy atom. The summed E-state index contributed by atoms with van der Waals surface area (Å²) >= 11 is 0. The molecule has 1 aromatic heterocycles. The van der Waals surface area contributed by atoms with E-state index in [1.165, 1.54) is 12.3 Å². The Hall–Kier alpha value is -1.62. The van der Waals surface area contributed by atoms with Crippen LogP contribution in [-0.4, -0.2) is 23.0 Å². The number of aromatic nitrogens is 1. The molecule has 1 amide bonds. The van der Waals surface area contributed by atoms with E-state index in [0.717, 1.165) is 5.69 Å². The topological polar surface area (TPSA) is 88.0 Å². The lowest BCUT2D eigenvalue weighted by atomic mass is 10.1. The van der Waals surface area contributed by atoms with Gasteiger partial charge in [-0.2, -0.15) is 0 Å². The number of hydrogen-bond donors (Lipinski definition) is 3. The number of pyridine rings is 1. The quantitative estimate of drug-likeness (QED) is 0.681. The summed E-state index contributed by atoms with van der Waals surface area (Å²) in [5.41, 5.74) is 5.77. The number of aromatic amines is 1. The van der Waals surface area contributed by atoms with Crippen molar-refractivity contribution >= 4 is 5.91 Å². The molecule has 0 spiro atoms. The maximum absolute atomic E-state index is 11.6. The summed E-state index contributed by atoms with van der Waals surface area (Å²) in [6.07, 6.45) is 1.41. The van der Waals surface area contributed by atoms with Gasteiger partial charge in [-0.05, 0) is 20.8 Å². The SMILES string of the molecule is Cc1cc(=O)c(C(=O)NCC(C)(C)N)c[nH]1. The molecule has 1 aromatic rings. The lowest BCUT2D eigenvalue weighted by molar-refractivity contribution is 0.0944. The van der Waals surface area contributed by atoms with Gasteiger partial charge in [0.1, 0.15) is 5.56 Å². The second-order valence-electron chi connectivity index (χ2n) is 4.57. The molecule has 0 saturated heterocycles. The van der Waals surface area contributed by atoms with Crippen LogP contribution in [0.2, 0.25) is 0 Å². The van der Waals surface area contributed by atoms with Crippen molar-refractivity contribution in [2.75, 3.05) is 6.54 Å². The number of H-pyrrole nitrogens is 1. The number of aryl methyl sites for hydroxylation is 1. The summed E-state index contributed by atoms with van der Waals surface area (Å²) in [5.74, 6) is -0.403. The summed E-state index contributed by atoms with van der Waals surface area (Å²) in [4.78, 5) is 26.0. The highest BCUT2D eigenvalue weighted by Crippen LogP contribution is 1.96. The van der Waals surface area contributed by atoms with Gasteiger partial charge in [0.05, 0.1) is 0 Å². The minimum absolute atomic E-state index is 0.106. The van der Waals surface area contributed by atoms with Crippen LogP contribution >= 0.6 is 0 Å². The van der Waals surface area contributed by atoms with Crippen LogP contribution < -0.4 is 16.5 Å². The van der Waals surface area contributed by atoms with Crippen LogP contribution in [-0.2, 0) is 0 Å². The fraction of sp³-hybridized carbons (Fsp3) is 0.455. The number of carbonyl (C=O) groups excluding carboxylic acids is 1. The molecule has 0 unspecified atom stereocenters. The number of carbonyl (C=O) groups is 1. The van der Waals surface area contributed by atoms with Gasteiger partial charge < -0.3 is 16.0 Å². The molecule has 5 nitrogen and oxygen atoms in total. The summed E-state index contributed by atoms with van der Waals surface area (Å²) < 4.78 is 0. The van der Waals surface area contributed by atoms with Crippen molar-refractivity contribution in [3.05, 3.63) is 33.7 Å². The van der Waals surface area contributed by atoms with E-state index in [-0.39, 0.29) is 11.0 Å². The van der Waals surface area contributed by atoms with Crippen LogP contribution in [0.1, 0.15) is 29.9 Å². The summed E-state index contributed by atoms with van der Waals surface area (Å²) in [7, 11) is 0. The first-order valence-electron chi connectivity index (χ1n) is 5.06. The highest BCUT2D eigenvalue weighted by atomic mass is 16.2. The molecular weight excluding hydrogens is 206 g/mol. The molecule has 1 heterocycles. The number of rotatable bonds is 3. The zero-order valence-corrected chi connectivity index (χ0v) is 9.76. The average Bonchev–Trinajstić information content (AvgIpc) is 2.13. The van der Waals surface area contributed by atoms with Gasteiger partial charge in [-0.25, -0.2) is 0 Å². The molecule has 1 rings (SSSR count). The second kappa shape index (κ2) is 4.49. The molecular formula is C11H17N3O2. The molecule has 5 heteroatoms.